The van der Waals surface area contributed by atoms with E-state index in [2.05, 4.69) is 40.7 Å². The smallest absolute Gasteiger partial charge is 0.268 e. The van der Waals surface area contributed by atoms with Crippen molar-refractivity contribution >= 4 is 21.7 Å². The zero-order valence-corrected chi connectivity index (χ0v) is 20.0. The molecule has 1 amide bonds. The van der Waals surface area contributed by atoms with Crippen molar-refractivity contribution in [2.75, 3.05) is 11.4 Å². The molecule has 1 saturated heterocycles. The highest BCUT2D eigenvalue weighted by molar-refractivity contribution is 7.90. The van der Waals surface area contributed by atoms with Gasteiger partial charge in [-0.3, -0.25) is 19.4 Å². The molecule has 12 heteroatoms. The molecule has 3 aromatic rings. The minimum Gasteiger partial charge on any atom is -0.350 e. The number of nitrogens with zero attached hydrogens (tertiary/aromatic N) is 5. The van der Waals surface area contributed by atoms with E-state index in [4.69, 9.17) is 0 Å². The van der Waals surface area contributed by atoms with Gasteiger partial charge in [0.15, 0.2) is 5.82 Å². The van der Waals surface area contributed by atoms with Gasteiger partial charge in [-0.2, -0.15) is 5.10 Å². The van der Waals surface area contributed by atoms with E-state index in [1.54, 1.807) is 26.2 Å². The van der Waals surface area contributed by atoms with E-state index in [0.717, 1.165) is 6.42 Å². The van der Waals surface area contributed by atoms with Gasteiger partial charge in [-0.25, -0.2) is 22.8 Å². The van der Waals surface area contributed by atoms with Crippen LogP contribution in [0.2, 0.25) is 0 Å². The fourth-order valence-corrected chi connectivity index (χ4v) is 5.64. The average molecular weight is 474 g/mol. The summed E-state index contributed by atoms with van der Waals surface area (Å²) in [5.74, 6) is 0.329. The van der Waals surface area contributed by atoms with Crippen LogP contribution in [-0.4, -0.2) is 51.0 Å². The lowest BCUT2D eigenvalue weighted by molar-refractivity contribution is 0.0981. The second-order valence-corrected chi connectivity index (χ2v) is 10.8. The van der Waals surface area contributed by atoms with Crippen LogP contribution in [0, 0.1) is 12.8 Å². The summed E-state index contributed by atoms with van der Waals surface area (Å²) in [5, 5.41) is 6.68. The Morgan fingerprint density at radius 1 is 1.27 bits per heavy atom. The summed E-state index contributed by atoms with van der Waals surface area (Å²) in [6.45, 7) is 8.44. The van der Waals surface area contributed by atoms with Crippen LogP contribution in [0.25, 0.3) is 5.82 Å². The molecule has 176 valence electrons. The molecule has 11 nitrogen and oxygen atoms in total. The first kappa shape index (κ1) is 22.8. The molecule has 0 unspecified atom stereocenters. The first-order valence-electron chi connectivity index (χ1n) is 10.5. The average Bonchev–Trinajstić information content (AvgIpc) is 3.37. The predicted molar refractivity (Wildman–Crippen MR) is 122 cm³/mol. The summed E-state index contributed by atoms with van der Waals surface area (Å²) in [6.07, 6.45) is 3.77. The van der Waals surface area contributed by atoms with Gasteiger partial charge in [0.25, 0.3) is 21.5 Å². The third-order valence-electron chi connectivity index (χ3n) is 5.77. The first-order valence-corrected chi connectivity index (χ1v) is 12.0. The summed E-state index contributed by atoms with van der Waals surface area (Å²) >= 11 is 0. The molecule has 0 spiro atoms. The van der Waals surface area contributed by atoms with Crippen LogP contribution < -0.4 is 15.2 Å². The van der Waals surface area contributed by atoms with Crippen LogP contribution in [0.4, 0.5) is 5.82 Å². The molecule has 1 fully saturated rings. The number of rotatable bonds is 5. The zero-order valence-electron chi connectivity index (χ0n) is 19.2. The molecule has 4 rings (SSSR count). The van der Waals surface area contributed by atoms with Gasteiger partial charge in [0.2, 0.25) is 0 Å². The largest absolute Gasteiger partial charge is 0.350 e. The van der Waals surface area contributed by atoms with Gasteiger partial charge in [0.05, 0.1) is 11.3 Å². The molecule has 2 N–H and O–H groups in total. The zero-order chi connectivity index (χ0) is 24.1. The van der Waals surface area contributed by atoms with E-state index in [0.29, 0.717) is 24.1 Å². The molecule has 3 aromatic heterocycles. The molecule has 1 aliphatic heterocycles. The number of aromatic nitrogens is 5. The number of nitrogens with one attached hydrogen (secondary N) is 2. The maximum atomic E-state index is 13.2. The molecule has 33 heavy (non-hydrogen) atoms. The molecule has 4 heterocycles. The molecule has 1 aliphatic rings. The highest BCUT2D eigenvalue weighted by Gasteiger charge is 2.39. The fraction of sp³-hybridized carbons (Fsp3) is 0.429. The Morgan fingerprint density at radius 2 is 2.00 bits per heavy atom. The fourth-order valence-electron chi connectivity index (χ4n) is 4.46. The lowest BCUT2D eigenvalue weighted by atomic mass is 9.97. The van der Waals surface area contributed by atoms with Crippen molar-refractivity contribution < 1.29 is 13.2 Å². The van der Waals surface area contributed by atoms with Crippen LogP contribution in [0.1, 0.15) is 43.2 Å². The SMILES string of the molecule is Cc1nn(C)cc1S(=O)(=O)NC(=O)c1ccc(-n2ccc(=O)[nH]2)nc1N1C[C@@H](C)CC1(C)C. The van der Waals surface area contributed by atoms with Crippen molar-refractivity contribution in [1.29, 1.82) is 0 Å². The number of sulfonamides is 1. The normalized spacial score (nSPS) is 18.0. The Morgan fingerprint density at radius 3 is 2.55 bits per heavy atom. The first-order chi connectivity index (χ1) is 15.4. The van der Waals surface area contributed by atoms with Crippen LogP contribution >= 0.6 is 0 Å². The standard InChI is InChI=1S/C21H27N7O4S/c1-13-10-21(3,4)27(11-13)19-15(6-7-17(22-19)28-9-8-18(29)24-28)20(30)25-33(31,32)16-12-26(5)23-14(16)2/h6-9,12-13H,10-11H2,1-5H3,(H,24,29)(H,25,30)/t13-/m0/s1. The van der Waals surface area contributed by atoms with E-state index in [1.165, 1.54) is 27.7 Å². The Hall–Kier alpha value is -3.41. The number of carbonyl (C=O) groups excluding carboxylic acids is 1. The summed E-state index contributed by atoms with van der Waals surface area (Å²) in [6, 6.07) is 4.45. The van der Waals surface area contributed by atoms with Gasteiger partial charge >= 0.3 is 0 Å². The second-order valence-electron chi connectivity index (χ2n) is 9.12. The minimum atomic E-state index is -4.14. The van der Waals surface area contributed by atoms with Gasteiger partial charge in [0, 0.05) is 37.6 Å². The monoisotopic (exact) mass is 473 g/mol. The number of hydrogen-bond acceptors (Lipinski definition) is 7. The van der Waals surface area contributed by atoms with Crippen LogP contribution in [0.3, 0.4) is 0 Å². The molecule has 0 saturated carbocycles. The summed E-state index contributed by atoms with van der Waals surface area (Å²) in [7, 11) is -2.53. The lowest BCUT2D eigenvalue weighted by Crippen LogP contribution is -2.41. The number of anilines is 1. The highest BCUT2D eigenvalue weighted by Crippen LogP contribution is 2.37. The molecular weight excluding hydrogens is 446 g/mol. The summed E-state index contributed by atoms with van der Waals surface area (Å²) in [5.41, 5.74) is -0.172. The van der Waals surface area contributed by atoms with Gasteiger partial charge < -0.3 is 4.90 Å². The summed E-state index contributed by atoms with van der Waals surface area (Å²) in [4.78, 5) is 31.4. The number of aryl methyl sites for hydroxylation is 2. The Balaban J connectivity index is 1.78. The highest BCUT2D eigenvalue weighted by atomic mass is 32.2. The number of hydrogen-bond donors (Lipinski definition) is 2. The Bertz CT molecular complexity index is 1380. The third-order valence-corrected chi connectivity index (χ3v) is 7.21. The number of carbonyl (C=O) groups is 1. The van der Waals surface area contributed by atoms with Gasteiger partial charge in [-0.15, -0.1) is 0 Å². The Labute approximate surface area is 191 Å². The van der Waals surface area contributed by atoms with E-state index in [9.17, 15) is 18.0 Å². The van der Waals surface area contributed by atoms with Crippen molar-refractivity contribution in [2.45, 2.75) is 44.6 Å². The number of amides is 1. The molecule has 1 atom stereocenters. The van der Waals surface area contributed by atoms with E-state index >= 15 is 0 Å². The van der Waals surface area contributed by atoms with E-state index < -0.39 is 15.9 Å². The van der Waals surface area contributed by atoms with Crippen molar-refractivity contribution in [3.05, 3.63) is 52.2 Å². The lowest BCUT2D eigenvalue weighted by Gasteiger charge is -2.34. The molecular formula is C21H27N7O4S. The number of aromatic amines is 1. The molecule has 0 bridgehead atoms. The van der Waals surface area contributed by atoms with Crippen LogP contribution in [0.15, 0.2) is 40.3 Å². The Kier molecular flexibility index (Phi) is 5.43. The van der Waals surface area contributed by atoms with Crippen LogP contribution in [-0.2, 0) is 17.1 Å². The van der Waals surface area contributed by atoms with Gasteiger partial charge in [-0.1, -0.05) is 6.92 Å². The predicted octanol–water partition coefficient (Wildman–Crippen LogP) is 1.35. The number of H-pyrrole nitrogens is 1. The van der Waals surface area contributed by atoms with Crippen molar-refractivity contribution in [1.82, 2.24) is 29.3 Å². The maximum Gasteiger partial charge on any atom is 0.268 e. The maximum absolute atomic E-state index is 13.2. The van der Waals surface area contributed by atoms with Crippen molar-refractivity contribution in [3.63, 3.8) is 0 Å². The molecule has 0 aromatic carbocycles. The minimum absolute atomic E-state index is 0.0653. The summed E-state index contributed by atoms with van der Waals surface area (Å²) < 4.78 is 30.8. The second kappa shape index (κ2) is 7.87. The van der Waals surface area contributed by atoms with E-state index in [-0.39, 0.29) is 27.3 Å². The quantitative estimate of drug-likeness (QED) is 0.571. The van der Waals surface area contributed by atoms with Crippen LogP contribution in [0.5, 0.6) is 0 Å². The van der Waals surface area contributed by atoms with Gasteiger partial charge in [-0.05, 0) is 45.2 Å². The van der Waals surface area contributed by atoms with E-state index in [1.807, 2.05) is 4.90 Å². The topological polar surface area (TPSA) is 135 Å². The third kappa shape index (κ3) is 4.30. The van der Waals surface area contributed by atoms with Crippen molar-refractivity contribution in [3.8, 4) is 5.82 Å². The van der Waals surface area contributed by atoms with Gasteiger partial charge in [0.1, 0.15) is 10.7 Å². The van der Waals surface area contributed by atoms with Crippen molar-refractivity contribution in [2.24, 2.45) is 13.0 Å². The molecule has 0 aliphatic carbocycles. The molecule has 0 radical (unpaired) electrons. The number of pyridine rings is 1.